The standard InChI is InChI=1S/C11H17P.C9H12.CH4/c1-2-3-7-10-12-11-8-5-4-6-9-11;1-7-4-8(2)6-9(3)5-7;/h4-6,8-9,12H,2-3,7,10H2,1H3;4-6H,1-3H3;1H4. The normalized spacial score (nSPS) is 10.0. The Kier molecular flexibility index (Phi) is 11.8. The molecule has 22 heavy (non-hydrogen) atoms. The molecule has 1 unspecified atom stereocenters. The van der Waals surface area contributed by atoms with E-state index < -0.39 is 0 Å². The Morgan fingerprint density at radius 1 is 0.773 bits per heavy atom. The van der Waals surface area contributed by atoms with E-state index in [9.17, 15) is 0 Å². The molecular weight excluding hydrogens is 283 g/mol. The highest BCUT2D eigenvalue weighted by Gasteiger charge is 1.90. The van der Waals surface area contributed by atoms with E-state index in [1.807, 2.05) is 0 Å². The van der Waals surface area contributed by atoms with Crippen LogP contribution in [0.2, 0.25) is 0 Å². The third-order valence-corrected chi connectivity index (χ3v) is 4.59. The minimum atomic E-state index is 0. The van der Waals surface area contributed by atoms with E-state index in [0.29, 0.717) is 0 Å². The highest BCUT2D eigenvalue weighted by atomic mass is 31.1. The zero-order chi connectivity index (χ0) is 15.5. The summed E-state index contributed by atoms with van der Waals surface area (Å²) in [6, 6.07) is 17.4. The molecule has 0 nitrogen and oxygen atoms in total. The zero-order valence-electron chi connectivity index (χ0n) is 13.9. The van der Waals surface area contributed by atoms with E-state index in [2.05, 4.69) is 76.2 Å². The molecule has 0 radical (unpaired) electrons. The van der Waals surface area contributed by atoms with Crippen molar-refractivity contribution in [1.82, 2.24) is 0 Å². The van der Waals surface area contributed by atoms with Crippen molar-refractivity contribution >= 4 is 13.9 Å². The van der Waals surface area contributed by atoms with Crippen LogP contribution in [0.15, 0.2) is 48.5 Å². The molecule has 0 fully saturated rings. The minimum Gasteiger partial charge on any atom is -0.0904 e. The summed E-state index contributed by atoms with van der Waals surface area (Å²) in [5.41, 5.74) is 4.06. The molecule has 0 amide bonds. The summed E-state index contributed by atoms with van der Waals surface area (Å²) in [5, 5.41) is 1.51. The molecule has 2 rings (SSSR count). The molecule has 0 N–H and O–H groups in total. The lowest BCUT2D eigenvalue weighted by molar-refractivity contribution is 0.778. The predicted octanol–water partition coefficient (Wildman–Crippen LogP) is 6.43. The molecule has 0 aliphatic carbocycles. The van der Waals surface area contributed by atoms with Crippen LogP contribution in [-0.2, 0) is 0 Å². The average molecular weight is 316 g/mol. The van der Waals surface area contributed by atoms with Crippen molar-refractivity contribution in [3.05, 3.63) is 65.2 Å². The van der Waals surface area contributed by atoms with Gasteiger partial charge in [0, 0.05) is 0 Å². The Morgan fingerprint density at radius 3 is 1.73 bits per heavy atom. The Morgan fingerprint density at radius 2 is 1.27 bits per heavy atom. The maximum absolute atomic E-state index is 2.26. The van der Waals surface area contributed by atoms with Gasteiger partial charge in [-0.15, -0.1) is 0 Å². The first-order valence-corrected chi connectivity index (χ1v) is 9.16. The molecule has 0 bridgehead atoms. The molecule has 0 saturated carbocycles. The summed E-state index contributed by atoms with van der Waals surface area (Å²) >= 11 is 0. The highest BCUT2D eigenvalue weighted by molar-refractivity contribution is 7.47. The van der Waals surface area contributed by atoms with E-state index in [1.54, 1.807) is 0 Å². The first-order chi connectivity index (χ1) is 10.1. The van der Waals surface area contributed by atoms with Gasteiger partial charge in [0.2, 0.25) is 0 Å². The molecule has 0 spiro atoms. The second kappa shape index (κ2) is 12.4. The van der Waals surface area contributed by atoms with Gasteiger partial charge in [-0.1, -0.05) is 101 Å². The fourth-order valence-corrected chi connectivity index (χ4v) is 3.51. The van der Waals surface area contributed by atoms with Crippen molar-refractivity contribution in [3.8, 4) is 0 Å². The molecule has 2 aromatic rings. The molecule has 122 valence electrons. The summed E-state index contributed by atoms with van der Waals surface area (Å²) in [5.74, 6) is 0. The van der Waals surface area contributed by atoms with Gasteiger partial charge < -0.3 is 0 Å². The Hall–Kier alpha value is -1.13. The van der Waals surface area contributed by atoms with Gasteiger partial charge in [-0.2, -0.15) is 0 Å². The number of unbranched alkanes of at least 4 members (excludes halogenated alkanes) is 2. The summed E-state index contributed by atoms with van der Waals surface area (Å²) in [4.78, 5) is 0. The lowest BCUT2D eigenvalue weighted by atomic mass is 10.1. The Balaban J connectivity index is 0.000000397. The average Bonchev–Trinajstić information content (AvgIpc) is 2.44. The van der Waals surface area contributed by atoms with Gasteiger partial charge in [0.15, 0.2) is 0 Å². The van der Waals surface area contributed by atoms with Crippen molar-refractivity contribution in [1.29, 1.82) is 0 Å². The topological polar surface area (TPSA) is 0 Å². The van der Waals surface area contributed by atoms with Crippen molar-refractivity contribution in [2.24, 2.45) is 0 Å². The fourth-order valence-electron chi connectivity index (χ4n) is 2.37. The summed E-state index contributed by atoms with van der Waals surface area (Å²) in [7, 11) is 1.01. The molecular formula is C21H33P. The van der Waals surface area contributed by atoms with Gasteiger partial charge in [0.05, 0.1) is 0 Å². The molecule has 0 aromatic heterocycles. The van der Waals surface area contributed by atoms with Crippen LogP contribution in [0, 0.1) is 20.8 Å². The van der Waals surface area contributed by atoms with E-state index in [4.69, 9.17) is 0 Å². The van der Waals surface area contributed by atoms with Crippen LogP contribution < -0.4 is 5.30 Å². The van der Waals surface area contributed by atoms with Gasteiger partial charge in [-0.25, -0.2) is 0 Å². The van der Waals surface area contributed by atoms with E-state index in [1.165, 1.54) is 47.4 Å². The second-order valence-electron chi connectivity index (χ2n) is 5.66. The van der Waals surface area contributed by atoms with Crippen LogP contribution in [0.4, 0.5) is 0 Å². The third-order valence-electron chi connectivity index (χ3n) is 3.25. The van der Waals surface area contributed by atoms with Crippen LogP contribution in [0.25, 0.3) is 0 Å². The van der Waals surface area contributed by atoms with Crippen LogP contribution in [0.1, 0.15) is 50.3 Å². The number of hydrogen-bond acceptors (Lipinski definition) is 0. The Labute approximate surface area is 140 Å². The SMILES string of the molecule is C.CCCCCPc1ccccc1.Cc1cc(C)cc(C)c1. The van der Waals surface area contributed by atoms with Crippen molar-refractivity contribution in [2.45, 2.75) is 54.4 Å². The Bertz CT molecular complexity index is 452. The van der Waals surface area contributed by atoms with E-state index >= 15 is 0 Å². The largest absolute Gasteiger partial charge is 0.0904 e. The number of benzene rings is 2. The molecule has 0 aliphatic rings. The summed E-state index contributed by atoms with van der Waals surface area (Å²) < 4.78 is 0. The first kappa shape index (κ1) is 20.9. The van der Waals surface area contributed by atoms with Gasteiger partial charge in [0.25, 0.3) is 0 Å². The second-order valence-corrected chi connectivity index (χ2v) is 7.10. The van der Waals surface area contributed by atoms with Crippen molar-refractivity contribution in [3.63, 3.8) is 0 Å². The molecule has 0 aliphatic heterocycles. The van der Waals surface area contributed by atoms with Crippen molar-refractivity contribution < 1.29 is 0 Å². The van der Waals surface area contributed by atoms with Crippen LogP contribution >= 0.6 is 8.58 Å². The minimum absolute atomic E-state index is 0. The monoisotopic (exact) mass is 316 g/mol. The molecule has 1 atom stereocenters. The molecule has 0 saturated heterocycles. The maximum Gasteiger partial charge on any atom is -0.0271 e. The zero-order valence-corrected chi connectivity index (χ0v) is 14.9. The van der Waals surface area contributed by atoms with Crippen LogP contribution in [-0.4, -0.2) is 6.16 Å². The van der Waals surface area contributed by atoms with Gasteiger partial charge >= 0.3 is 0 Å². The van der Waals surface area contributed by atoms with Crippen molar-refractivity contribution in [2.75, 3.05) is 6.16 Å². The third kappa shape index (κ3) is 9.74. The number of rotatable bonds is 5. The lowest BCUT2D eigenvalue weighted by Gasteiger charge is -1.99. The number of aryl methyl sites for hydroxylation is 3. The number of hydrogen-bond donors (Lipinski definition) is 0. The van der Waals surface area contributed by atoms with E-state index in [0.717, 1.165) is 8.58 Å². The lowest BCUT2D eigenvalue weighted by Crippen LogP contribution is -1.93. The molecule has 0 heterocycles. The molecule has 2 aromatic carbocycles. The summed E-state index contributed by atoms with van der Waals surface area (Å²) in [6.45, 7) is 8.63. The van der Waals surface area contributed by atoms with Crippen LogP contribution in [0.5, 0.6) is 0 Å². The van der Waals surface area contributed by atoms with Gasteiger partial charge in [-0.3, -0.25) is 0 Å². The highest BCUT2D eigenvalue weighted by Crippen LogP contribution is 2.12. The molecule has 1 heteroatoms. The van der Waals surface area contributed by atoms with Crippen LogP contribution in [0.3, 0.4) is 0 Å². The predicted molar refractivity (Wildman–Crippen MR) is 106 cm³/mol. The smallest absolute Gasteiger partial charge is 0.0271 e. The fraction of sp³-hybridized carbons (Fsp3) is 0.429. The first-order valence-electron chi connectivity index (χ1n) is 7.95. The summed E-state index contributed by atoms with van der Waals surface area (Å²) in [6.07, 6.45) is 5.49. The van der Waals surface area contributed by atoms with Gasteiger partial charge in [-0.05, 0) is 38.7 Å². The van der Waals surface area contributed by atoms with E-state index in [-0.39, 0.29) is 7.43 Å². The quantitative estimate of drug-likeness (QED) is 0.440. The maximum atomic E-state index is 2.26. The van der Waals surface area contributed by atoms with Gasteiger partial charge in [0.1, 0.15) is 0 Å².